The summed E-state index contributed by atoms with van der Waals surface area (Å²) < 4.78 is 0. The van der Waals surface area contributed by atoms with Gasteiger partial charge in [0.1, 0.15) is 0 Å². The molecule has 0 aliphatic heterocycles. The first kappa shape index (κ1) is 38.7. The van der Waals surface area contributed by atoms with E-state index in [-0.39, 0.29) is 16.8 Å². The van der Waals surface area contributed by atoms with E-state index in [1.165, 1.54) is 98.6 Å². The number of rotatable bonds is 6. The predicted octanol–water partition coefficient (Wildman–Crippen LogP) is 10.0. The van der Waals surface area contributed by atoms with E-state index in [9.17, 15) is 0 Å². The molecule has 0 spiro atoms. The van der Waals surface area contributed by atoms with E-state index in [0.29, 0.717) is 0 Å². The smallest absolute Gasteiger partial charge is 0 e. The summed E-state index contributed by atoms with van der Waals surface area (Å²) in [7, 11) is -1.55. The van der Waals surface area contributed by atoms with Gasteiger partial charge in [-0.1, -0.05) is 56.5 Å². The van der Waals surface area contributed by atoms with Crippen LogP contribution in [0.15, 0.2) is 97.1 Å². The molecule has 0 saturated heterocycles. The van der Waals surface area contributed by atoms with Gasteiger partial charge in [-0.15, -0.1) is 10.6 Å². The Morgan fingerprint density at radius 3 is 1.04 bits per heavy atom. The van der Waals surface area contributed by atoms with Crippen molar-refractivity contribution in [3.05, 3.63) is 164 Å². The van der Waals surface area contributed by atoms with Crippen LogP contribution in [0.4, 0.5) is 0 Å². The van der Waals surface area contributed by atoms with Crippen molar-refractivity contribution in [2.45, 2.75) is 83.1 Å². The van der Waals surface area contributed by atoms with Crippen LogP contribution in [0.5, 0.6) is 0 Å². The molecule has 0 amide bonds. The van der Waals surface area contributed by atoms with Crippen LogP contribution in [0.2, 0.25) is 0 Å². The largest absolute Gasteiger partial charge is 0.748 e. The molecule has 0 atom stereocenters. The molecule has 0 fully saturated rings. The van der Waals surface area contributed by atoms with Gasteiger partial charge in [0, 0.05) is 16.8 Å². The van der Waals surface area contributed by atoms with Crippen molar-refractivity contribution in [1.82, 2.24) is 0 Å². The maximum Gasteiger partial charge on any atom is 0 e. The number of benzene rings is 4. The van der Waals surface area contributed by atoms with Crippen molar-refractivity contribution in [3.63, 3.8) is 0 Å². The van der Waals surface area contributed by atoms with Gasteiger partial charge in [-0.05, 0) is 179 Å². The summed E-state index contributed by atoms with van der Waals surface area (Å²) in [4.78, 5) is 0. The molecule has 0 nitrogen and oxygen atoms in total. The molecule has 0 aliphatic rings. The van der Waals surface area contributed by atoms with Crippen molar-refractivity contribution < 1.29 is 16.8 Å². The van der Waals surface area contributed by atoms with Crippen LogP contribution in [0.1, 0.15) is 66.8 Å². The van der Waals surface area contributed by atoms with Crippen molar-refractivity contribution in [2.75, 3.05) is 0 Å². The van der Waals surface area contributed by atoms with E-state index in [4.69, 9.17) is 0 Å². The summed E-state index contributed by atoms with van der Waals surface area (Å²) in [5.74, 6) is 0. The Morgan fingerprint density at radius 1 is 0.388 bits per heavy atom. The van der Waals surface area contributed by atoms with Crippen LogP contribution < -0.4 is 31.8 Å². The molecule has 0 bridgehead atoms. The standard InChI is InChI=1S/C41H47P2.C5H5.Co/c1-24-16-20-36(32(9)28(24)5)42(37-21-17-25(2)29(6)33(37)10)40-14-13-15-41(40)43(38-22-18-26(3)30(7)34(38)11)39-23-19-27(4)31(8)35(39)12;1-2-4-5-3-1;/h13-23H,1-12H3;1-5H;/q-1;-5;. The Labute approximate surface area is 309 Å². The van der Waals surface area contributed by atoms with Crippen LogP contribution in [0.25, 0.3) is 0 Å². The molecule has 0 unspecified atom stereocenters. The minimum Gasteiger partial charge on any atom is -0.748 e. The molecule has 1 radical (unpaired) electrons. The minimum atomic E-state index is -0.773. The first-order chi connectivity index (χ1) is 22.8. The zero-order chi connectivity index (χ0) is 34.9. The fraction of sp³-hybridized carbons (Fsp3) is 0.261. The average Bonchev–Trinajstić information content (AvgIpc) is 3.81. The number of hydrogen-bond donors (Lipinski definition) is 0. The van der Waals surface area contributed by atoms with Crippen molar-refractivity contribution in [1.29, 1.82) is 0 Å². The third kappa shape index (κ3) is 7.67. The third-order valence-corrected chi connectivity index (χ3v) is 16.7. The van der Waals surface area contributed by atoms with Gasteiger partial charge in [0.2, 0.25) is 0 Å². The molecule has 0 N–H and O–H groups in total. The van der Waals surface area contributed by atoms with E-state index < -0.39 is 15.8 Å². The Kier molecular flexibility index (Phi) is 12.9. The quantitative estimate of drug-likeness (QED) is 0.119. The average molecular weight is 726 g/mol. The molecule has 6 aromatic rings. The SMILES string of the molecule is Cc1ccc(P(c2ccc(C)c(C)c2C)c2ccc[c-]2P(c2ccc(C)c(C)c2C)c2ccc(C)c(C)c2C)c(C)c1C.[Co].[cH-]1[cH-][cH-][cH-][cH-]1. The Balaban J connectivity index is 0.000000826. The normalized spacial score (nSPS) is 11.1. The molecule has 0 saturated carbocycles. The van der Waals surface area contributed by atoms with Crippen molar-refractivity contribution >= 4 is 47.7 Å². The van der Waals surface area contributed by atoms with Crippen molar-refractivity contribution in [2.24, 2.45) is 0 Å². The van der Waals surface area contributed by atoms with Gasteiger partial charge in [-0.2, -0.15) is 6.07 Å². The number of aryl methyl sites for hydroxylation is 4. The third-order valence-electron chi connectivity index (χ3n) is 10.9. The molecule has 3 heteroatoms. The van der Waals surface area contributed by atoms with Crippen LogP contribution in [0.3, 0.4) is 0 Å². The van der Waals surface area contributed by atoms with Gasteiger partial charge >= 0.3 is 0 Å². The van der Waals surface area contributed by atoms with Crippen LogP contribution >= 0.6 is 15.8 Å². The molecule has 0 aliphatic carbocycles. The summed E-state index contributed by atoms with van der Waals surface area (Å²) in [5.41, 5.74) is 16.9. The molecule has 49 heavy (non-hydrogen) atoms. The second-order valence-corrected chi connectivity index (χ2v) is 17.8. The first-order valence-corrected chi connectivity index (χ1v) is 19.8. The van der Waals surface area contributed by atoms with E-state index in [2.05, 4.69) is 150 Å². The van der Waals surface area contributed by atoms with Crippen LogP contribution in [0, 0.1) is 83.1 Å². The predicted molar refractivity (Wildman–Crippen MR) is 218 cm³/mol. The Hall–Kier alpha value is -3.05. The summed E-state index contributed by atoms with van der Waals surface area (Å²) in [6.07, 6.45) is 0. The summed E-state index contributed by atoms with van der Waals surface area (Å²) >= 11 is 0. The van der Waals surface area contributed by atoms with Crippen LogP contribution in [-0.4, -0.2) is 0 Å². The molecule has 0 aromatic heterocycles. The summed E-state index contributed by atoms with van der Waals surface area (Å²) in [6, 6.07) is 36.3. The minimum absolute atomic E-state index is 0. The maximum atomic E-state index is 2.45. The topological polar surface area (TPSA) is 0 Å². The second-order valence-electron chi connectivity index (χ2n) is 13.5. The number of hydrogen-bond acceptors (Lipinski definition) is 0. The van der Waals surface area contributed by atoms with Gasteiger partial charge < -0.3 is 30.3 Å². The van der Waals surface area contributed by atoms with E-state index in [1.54, 1.807) is 0 Å². The molecule has 0 heterocycles. The van der Waals surface area contributed by atoms with Crippen LogP contribution in [-0.2, 0) is 16.8 Å². The van der Waals surface area contributed by atoms with E-state index in [1.807, 2.05) is 30.3 Å². The Morgan fingerprint density at radius 2 is 0.694 bits per heavy atom. The molecule has 261 valence electrons. The fourth-order valence-corrected chi connectivity index (χ4v) is 12.8. The zero-order valence-corrected chi connectivity index (χ0v) is 34.3. The summed E-state index contributed by atoms with van der Waals surface area (Å²) in [6.45, 7) is 27.5. The zero-order valence-electron chi connectivity index (χ0n) is 31.5. The molecular weight excluding hydrogens is 673 g/mol. The van der Waals surface area contributed by atoms with Gasteiger partial charge in [-0.3, -0.25) is 0 Å². The Bertz CT molecular complexity index is 1790. The maximum absolute atomic E-state index is 2.45. The van der Waals surface area contributed by atoms with E-state index >= 15 is 0 Å². The fourth-order valence-electron chi connectivity index (χ4n) is 6.61. The first-order valence-electron chi connectivity index (χ1n) is 17.1. The molecule has 6 rings (SSSR count). The van der Waals surface area contributed by atoms with Crippen molar-refractivity contribution in [3.8, 4) is 0 Å². The van der Waals surface area contributed by atoms with Gasteiger partial charge in [-0.25, -0.2) is 12.1 Å². The summed E-state index contributed by atoms with van der Waals surface area (Å²) in [5, 5.41) is 8.96. The molecule has 6 aromatic carbocycles. The van der Waals surface area contributed by atoms with Gasteiger partial charge in [0.15, 0.2) is 0 Å². The van der Waals surface area contributed by atoms with Gasteiger partial charge in [0.05, 0.1) is 0 Å². The second kappa shape index (κ2) is 16.3. The monoisotopic (exact) mass is 725 g/mol. The van der Waals surface area contributed by atoms with Gasteiger partial charge in [0.25, 0.3) is 0 Å². The van der Waals surface area contributed by atoms with E-state index in [0.717, 1.165) is 0 Å². The molecular formula is C46H52CoP2-6.